The van der Waals surface area contributed by atoms with E-state index in [2.05, 4.69) is 18.6 Å². The van der Waals surface area contributed by atoms with Crippen molar-refractivity contribution in [3.8, 4) is 0 Å². The van der Waals surface area contributed by atoms with Crippen molar-refractivity contribution in [2.24, 2.45) is 11.7 Å². The lowest BCUT2D eigenvalue weighted by molar-refractivity contribution is 0.412. The van der Waals surface area contributed by atoms with Crippen molar-refractivity contribution in [2.75, 3.05) is 6.54 Å². The third-order valence-corrected chi connectivity index (χ3v) is 4.44. The number of furan rings is 1. The Balaban J connectivity index is 2.23. The summed E-state index contributed by atoms with van der Waals surface area (Å²) in [5.74, 6) is 1.21. The highest BCUT2D eigenvalue weighted by molar-refractivity contribution is 7.89. The summed E-state index contributed by atoms with van der Waals surface area (Å²) in [6.07, 6.45) is 5.49. The van der Waals surface area contributed by atoms with Crippen LogP contribution in [0.15, 0.2) is 21.6 Å². The average Bonchev–Trinajstić information content (AvgIpc) is 2.86. The van der Waals surface area contributed by atoms with Gasteiger partial charge in [-0.2, -0.15) is 0 Å². The summed E-state index contributed by atoms with van der Waals surface area (Å²) in [7, 11) is -3.53. The minimum atomic E-state index is -3.53. The van der Waals surface area contributed by atoms with Gasteiger partial charge in [-0.15, -0.1) is 0 Å². The van der Waals surface area contributed by atoms with E-state index < -0.39 is 10.0 Å². The van der Waals surface area contributed by atoms with Crippen molar-refractivity contribution < 1.29 is 12.8 Å². The number of hydrogen-bond donors (Lipinski definition) is 2. The molecule has 0 aliphatic rings. The van der Waals surface area contributed by atoms with E-state index in [1.807, 2.05) is 0 Å². The maximum atomic E-state index is 11.9. The first-order chi connectivity index (χ1) is 9.45. The molecule has 116 valence electrons. The molecule has 0 amide bonds. The molecule has 6 heteroatoms. The third-order valence-electron chi connectivity index (χ3n) is 3.10. The first-order valence-corrected chi connectivity index (χ1v) is 8.72. The number of unbranched alkanes of at least 4 members (excludes halogenated alkanes) is 3. The number of nitrogens with two attached hydrogens (primary N) is 1. The van der Waals surface area contributed by atoms with Crippen LogP contribution in [0, 0.1) is 5.92 Å². The zero-order chi connectivity index (χ0) is 15.0. The SMILES string of the molecule is CC(C)CCCCCCNS(=O)(=O)c1ccc(CN)o1. The summed E-state index contributed by atoms with van der Waals surface area (Å²) in [6.45, 7) is 5.08. The van der Waals surface area contributed by atoms with Crippen LogP contribution in [0.3, 0.4) is 0 Å². The molecule has 0 unspecified atom stereocenters. The van der Waals surface area contributed by atoms with Gasteiger partial charge in [0.15, 0.2) is 0 Å². The largest absolute Gasteiger partial charge is 0.447 e. The molecule has 0 radical (unpaired) electrons. The van der Waals surface area contributed by atoms with Crippen molar-refractivity contribution in [2.45, 2.75) is 57.6 Å². The van der Waals surface area contributed by atoms with Crippen molar-refractivity contribution >= 4 is 10.0 Å². The van der Waals surface area contributed by atoms with E-state index in [4.69, 9.17) is 10.2 Å². The summed E-state index contributed by atoms with van der Waals surface area (Å²) in [4.78, 5) is 0. The van der Waals surface area contributed by atoms with Crippen LogP contribution in [-0.2, 0) is 16.6 Å². The van der Waals surface area contributed by atoms with Crippen LogP contribution >= 0.6 is 0 Å². The Kier molecular flexibility index (Phi) is 7.26. The lowest BCUT2D eigenvalue weighted by Crippen LogP contribution is -2.24. The van der Waals surface area contributed by atoms with E-state index >= 15 is 0 Å². The van der Waals surface area contributed by atoms with Crippen molar-refractivity contribution in [3.05, 3.63) is 17.9 Å². The van der Waals surface area contributed by atoms with E-state index in [0.717, 1.165) is 25.2 Å². The molecule has 1 rings (SSSR count). The molecule has 0 fully saturated rings. The Morgan fingerprint density at radius 2 is 1.90 bits per heavy atom. The number of nitrogens with one attached hydrogen (secondary N) is 1. The smallest absolute Gasteiger partial charge is 0.273 e. The third kappa shape index (κ3) is 6.07. The van der Waals surface area contributed by atoms with Crippen molar-refractivity contribution in [1.29, 1.82) is 0 Å². The van der Waals surface area contributed by atoms with Crippen LogP contribution in [0.1, 0.15) is 51.7 Å². The summed E-state index contributed by atoms with van der Waals surface area (Å²) < 4.78 is 31.5. The molecular weight excluding hydrogens is 276 g/mol. The minimum absolute atomic E-state index is 0.0576. The number of rotatable bonds is 10. The van der Waals surface area contributed by atoms with E-state index in [0.29, 0.717) is 12.3 Å². The molecule has 0 aliphatic carbocycles. The second-order valence-corrected chi connectivity index (χ2v) is 7.12. The monoisotopic (exact) mass is 302 g/mol. The van der Waals surface area contributed by atoms with Gasteiger partial charge in [-0.05, 0) is 24.5 Å². The molecule has 1 aromatic heterocycles. The predicted molar refractivity (Wildman–Crippen MR) is 79.7 cm³/mol. The molecule has 3 N–H and O–H groups in total. The fourth-order valence-corrected chi connectivity index (χ4v) is 2.94. The van der Waals surface area contributed by atoms with Crippen molar-refractivity contribution in [3.63, 3.8) is 0 Å². The van der Waals surface area contributed by atoms with Crippen LogP contribution in [0.2, 0.25) is 0 Å². The molecular formula is C14H26N2O3S. The fraction of sp³-hybridized carbons (Fsp3) is 0.714. The minimum Gasteiger partial charge on any atom is -0.447 e. The maximum Gasteiger partial charge on any atom is 0.273 e. The van der Waals surface area contributed by atoms with Gasteiger partial charge in [-0.3, -0.25) is 0 Å². The van der Waals surface area contributed by atoms with Gasteiger partial charge in [0, 0.05) is 6.54 Å². The highest BCUT2D eigenvalue weighted by atomic mass is 32.2. The van der Waals surface area contributed by atoms with Gasteiger partial charge in [-0.25, -0.2) is 13.1 Å². The summed E-state index contributed by atoms with van der Waals surface area (Å²) in [5.41, 5.74) is 5.39. The summed E-state index contributed by atoms with van der Waals surface area (Å²) in [5, 5.41) is -0.0576. The lowest BCUT2D eigenvalue weighted by Gasteiger charge is -2.05. The van der Waals surface area contributed by atoms with Crippen LogP contribution in [0.5, 0.6) is 0 Å². The van der Waals surface area contributed by atoms with Gasteiger partial charge in [-0.1, -0.05) is 39.5 Å². The van der Waals surface area contributed by atoms with Gasteiger partial charge in [0.25, 0.3) is 10.0 Å². The number of hydrogen-bond acceptors (Lipinski definition) is 4. The van der Waals surface area contributed by atoms with E-state index in [-0.39, 0.29) is 11.6 Å². The van der Waals surface area contributed by atoms with E-state index in [9.17, 15) is 8.42 Å². The first kappa shape index (κ1) is 17.2. The summed E-state index contributed by atoms with van der Waals surface area (Å²) in [6, 6.07) is 3.02. The predicted octanol–water partition coefficient (Wildman–Crippen LogP) is 2.62. The topological polar surface area (TPSA) is 85.3 Å². The van der Waals surface area contributed by atoms with Gasteiger partial charge >= 0.3 is 0 Å². The quantitative estimate of drug-likeness (QED) is 0.651. The first-order valence-electron chi connectivity index (χ1n) is 7.24. The molecule has 0 aliphatic heterocycles. The van der Waals surface area contributed by atoms with Gasteiger partial charge in [0.05, 0.1) is 6.54 Å². The molecule has 0 spiro atoms. The molecule has 0 atom stereocenters. The Morgan fingerprint density at radius 1 is 1.20 bits per heavy atom. The Labute approximate surface area is 122 Å². The molecule has 0 saturated carbocycles. The Hall–Kier alpha value is -0.850. The van der Waals surface area contributed by atoms with Gasteiger partial charge in [0.2, 0.25) is 5.09 Å². The average molecular weight is 302 g/mol. The Morgan fingerprint density at radius 3 is 2.50 bits per heavy atom. The van der Waals surface area contributed by atoms with E-state index in [1.54, 1.807) is 6.07 Å². The molecule has 5 nitrogen and oxygen atoms in total. The second-order valence-electron chi connectivity index (χ2n) is 5.42. The normalized spacial score (nSPS) is 12.2. The van der Waals surface area contributed by atoms with Crippen molar-refractivity contribution in [1.82, 2.24) is 4.72 Å². The molecule has 1 heterocycles. The lowest BCUT2D eigenvalue weighted by atomic mass is 10.0. The second kappa shape index (κ2) is 8.44. The molecule has 1 aromatic rings. The zero-order valence-electron chi connectivity index (χ0n) is 12.4. The Bertz CT molecular complexity index is 480. The van der Waals surface area contributed by atoms with Crippen LogP contribution in [0.4, 0.5) is 0 Å². The van der Waals surface area contributed by atoms with Gasteiger partial charge < -0.3 is 10.2 Å². The highest BCUT2D eigenvalue weighted by Gasteiger charge is 2.17. The maximum absolute atomic E-state index is 11.9. The van der Waals surface area contributed by atoms with E-state index in [1.165, 1.54) is 18.9 Å². The van der Waals surface area contributed by atoms with Crippen LogP contribution < -0.4 is 10.5 Å². The molecule has 0 saturated heterocycles. The zero-order valence-corrected chi connectivity index (χ0v) is 13.2. The molecule has 20 heavy (non-hydrogen) atoms. The molecule has 0 bridgehead atoms. The fourth-order valence-electron chi connectivity index (χ4n) is 1.92. The summed E-state index contributed by atoms with van der Waals surface area (Å²) >= 11 is 0. The molecule has 0 aromatic carbocycles. The number of sulfonamides is 1. The van der Waals surface area contributed by atoms with Crippen LogP contribution in [-0.4, -0.2) is 15.0 Å². The van der Waals surface area contributed by atoms with Crippen LogP contribution in [0.25, 0.3) is 0 Å². The highest BCUT2D eigenvalue weighted by Crippen LogP contribution is 2.13. The standard InChI is InChI=1S/C14H26N2O3S/c1-12(2)7-5-3-4-6-10-16-20(17,18)14-9-8-13(11-15)19-14/h8-9,12,16H,3-7,10-11,15H2,1-2H3. The van der Waals surface area contributed by atoms with Gasteiger partial charge in [0.1, 0.15) is 5.76 Å².